The van der Waals surface area contributed by atoms with Gasteiger partial charge in [-0.1, -0.05) is 36.4 Å². The number of para-hydroxylation sites is 1. The quantitative estimate of drug-likeness (QED) is 0.642. The van der Waals surface area contributed by atoms with Gasteiger partial charge in [-0.2, -0.15) is 4.57 Å². The fourth-order valence-corrected chi connectivity index (χ4v) is 1.96. The lowest BCUT2D eigenvalue weighted by Crippen LogP contribution is -2.30. The summed E-state index contributed by atoms with van der Waals surface area (Å²) in [5.41, 5.74) is 2.34. The van der Waals surface area contributed by atoms with Crippen molar-refractivity contribution < 1.29 is 4.57 Å². The largest absolute Gasteiger partial charge is 0.291 e. The molecule has 2 nitrogen and oxygen atoms in total. The highest BCUT2D eigenvalue weighted by Gasteiger charge is 2.13. The van der Waals surface area contributed by atoms with Gasteiger partial charge in [-0.05, 0) is 24.3 Å². The van der Waals surface area contributed by atoms with Crippen LogP contribution >= 0.6 is 0 Å². The van der Waals surface area contributed by atoms with Crippen LogP contribution in [0.1, 0.15) is 0 Å². The molecule has 0 unspecified atom stereocenters. The van der Waals surface area contributed by atoms with E-state index >= 15 is 0 Å². The zero-order valence-corrected chi connectivity index (χ0v) is 9.38. The van der Waals surface area contributed by atoms with Crippen molar-refractivity contribution in [3.05, 3.63) is 73.1 Å². The number of aromatic nitrogens is 2. The van der Waals surface area contributed by atoms with Crippen LogP contribution < -0.4 is 4.57 Å². The minimum absolute atomic E-state index is 1.09. The molecule has 3 rings (SSSR count). The fraction of sp³-hybridized carbons (Fsp3) is 0. The van der Waals surface area contributed by atoms with Crippen molar-refractivity contribution in [2.75, 3.05) is 0 Å². The standard InChI is InChI=1S/C15H12N2/c1-3-7-13(8-4-1)15-16-11-12-17(15)14-9-5-2-6-10-14/h1-12H/p+1. The van der Waals surface area contributed by atoms with E-state index in [9.17, 15) is 0 Å². The smallest absolute Gasteiger partial charge is 0.243 e. The number of nitrogens with zero attached hydrogens (tertiary/aromatic N) is 1. The minimum atomic E-state index is 1.09. The summed E-state index contributed by atoms with van der Waals surface area (Å²) >= 11 is 0. The Morgan fingerprint density at radius 1 is 0.765 bits per heavy atom. The molecule has 0 aliphatic carbocycles. The molecular weight excluding hydrogens is 208 g/mol. The fourth-order valence-electron chi connectivity index (χ4n) is 1.96. The summed E-state index contributed by atoms with van der Waals surface area (Å²) in [6.45, 7) is 0. The van der Waals surface area contributed by atoms with Gasteiger partial charge in [0, 0.05) is 0 Å². The molecule has 0 aliphatic heterocycles. The van der Waals surface area contributed by atoms with Crippen LogP contribution in [0.15, 0.2) is 73.1 Å². The number of aromatic amines is 1. The first-order valence-corrected chi connectivity index (χ1v) is 5.65. The molecule has 2 aromatic carbocycles. The van der Waals surface area contributed by atoms with Gasteiger partial charge >= 0.3 is 0 Å². The molecule has 0 saturated carbocycles. The highest BCUT2D eigenvalue weighted by atomic mass is 15.1. The second-order valence-electron chi connectivity index (χ2n) is 3.88. The Labute approximate surface area is 100 Å². The zero-order valence-electron chi connectivity index (χ0n) is 9.38. The van der Waals surface area contributed by atoms with Gasteiger partial charge < -0.3 is 0 Å². The molecule has 0 amide bonds. The predicted octanol–water partition coefficient (Wildman–Crippen LogP) is 2.96. The molecule has 0 saturated heterocycles. The van der Waals surface area contributed by atoms with Gasteiger partial charge in [-0.25, -0.2) is 4.98 Å². The van der Waals surface area contributed by atoms with Crippen molar-refractivity contribution in [1.29, 1.82) is 0 Å². The van der Waals surface area contributed by atoms with E-state index in [0.717, 1.165) is 11.5 Å². The van der Waals surface area contributed by atoms with Crippen LogP contribution in [0.3, 0.4) is 0 Å². The highest BCUT2D eigenvalue weighted by Crippen LogP contribution is 2.13. The molecule has 0 aliphatic rings. The summed E-state index contributed by atoms with van der Waals surface area (Å²) in [5, 5.41) is 0. The van der Waals surface area contributed by atoms with Crippen molar-refractivity contribution in [2.24, 2.45) is 0 Å². The molecule has 1 aromatic heterocycles. The normalized spacial score (nSPS) is 10.4. The van der Waals surface area contributed by atoms with Crippen molar-refractivity contribution in [1.82, 2.24) is 4.98 Å². The molecule has 1 heterocycles. The van der Waals surface area contributed by atoms with E-state index in [1.54, 1.807) is 0 Å². The second-order valence-corrected chi connectivity index (χ2v) is 3.88. The summed E-state index contributed by atoms with van der Waals surface area (Å²) in [5.74, 6) is 1.09. The maximum Gasteiger partial charge on any atom is 0.291 e. The summed E-state index contributed by atoms with van der Waals surface area (Å²) in [6.07, 6.45) is 3.99. The van der Waals surface area contributed by atoms with Crippen molar-refractivity contribution in [2.45, 2.75) is 0 Å². The maximum absolute atomic E-state index is 3.28. The predicted molar refractivity (Wildman–Crippen MR) is 67.8 cm³/mol. The lowest BCUT2D eigenvalue weighted by atomic mass is 10.2. The van der Waals surface area contributed by atoms with Crippen LogP contribution in [-0.2, 0) is 0 Å². The Bertz CT molecular complexity index is 543. The van der Waals surface area contributed by atoms with E-state index in [0.29, 0.717) is 0 Å². The lowest BCUT2D eigenvalue weighted by molar-refractivity contribution is -0.582. The molecule has 1 N–H and O–H groups in total. The number of H-pyrrole nitrogens is 1. The molecule has 0 radical (unpaired) electrons. The third kappa shape index (κ3) is 1.85. The van der Waals surface area contributed by atoms with E-state index in [1.165, 1.54) is 5.56 Å². The van der Waals surface area contributed by atoms with Crippen molar-refractivity contribution in [3.8, 4) is 17.1 Å². The molecule has 2 heteroatoms. The van der Waals surface area contributed by atoms with Gasteiger partial charge in [-0.3, -0.25) is 0 Å². The van der Waals surface area contributed by atoms with Gasteiger partial charge in [0.25, 0.3) is 5.82 Å². The van der Waals surface area contributed by atoms with Crippen LogP contribution in [0.5, 0.6) is 0 Å². The molecule has 0 atom stereocenters. The lowest BCUT2D eigenvalue weighted by Gasteiger charge is -1.99. The Morgan fingerprint density at radius 2 is 1.41 bits per heavy atom. The third-order valence-electron chi connectivity index (χ3n) is 2.77. The van der Waals surface area contributed by atoms with Gasteiger partial charge in [0.2, 0.25) is 0 Å². The van der Waals surface area contributed by atoms with Crippen molar-refractivity contribution >= 4 is 0 Å². The number of benzene rings is 2. The van der Waals surface area contributed by atoms with E-state index in [4.69, 9.17) is 0 Å². The molecular formula is C15H13N2+. The van der Waals surface area contributed by atoms with Crippen molar-refractivity contribution in [3.63, 3.8) is 0 Å². The first kappa shape index (κ1) is 9.85. The summed E-state index contributed by atoms with van der Waals surface area (Å²) in [6, 6.07) is 20.6. The van der Waals surface area contributed by atoms with Crippen LogP contribution in [0.4, 0.5) is 0 Å². The van der Waals surface area contributed by atoms with Crippen LogP contribution in [0.2, 0.25) is 0 Å². The number of rotatable bonds is 2. The Morgan fingerprint density at radius 3 is 2.12 bits per heavy atom. The molecule has 0 bridgehead atoms. The average Bonchev–Trinajstić information content (AvgIpc) is 2.90. The summed E-state index contributed by atoms with van der Waals surface area (Å²) < 4.78 is 2.15. The first-order chi connectivity index (χ1) is 8.45. The van der Waals surface area contributed by atoms with E-state index in [-0.39, 0.29) is 0 Å². The SMILES string of the molecule is c1ccc(-c2[nH]cc[n+]2-c2ccccc2)cc1. The second kappa shape index (κ2) is 4.26. The topological polar surface area (TPSA) is 19.7 Å². The van der Waals surface area contributed by atoms with Gasteiger partial charge in [0.05, 0.1) is 5.56 Å². The first-order valence-electron chi connectivity index (χ1n) is 5.65. The molecule has 0 spiro atoms. The van der Waals surface area contributed by atoms with E-state index < -0.39 is 0 Å². The number of nitrogens with one attached hydrogen (secondary N) is 1. The Balaban J connectivity index is 2.13. The molecule has 0 fully saturated rings. The molecule has 82 valence electrons. The molecule has 3 aromatic rings. The number of imidazole rings is 1. The zero-order chi connectivity index (χ0) is 11.5. The van der Waals surface area contributed by atoms with E-state index in [1.807, 2.05) is 48.8 Å². The Hall–Kier alpha value is -2.35. The van der Waals surface area contributed by atoms with Gasteiger partial charge in [0.1, 0.15) is 18.1 Å². The maximum atomic E-state index is 3.28. The summed E-state index contributed by atoms with van der Waals surface area (Å²) in [4.78, 5) is 3.28. The minimum Gasteiger partial charge on any atom is -0.243 e. The number of hydrogen-bond donors (Lipinski definition) is 1. The van der Waals surface area contributed by atoms with Gasteiger partial charge in [-0.15, -0.1) is 0 Å². The third-order valence-corrected chi connectivity index (χ3v) is 2.77. The van der Waals surface area contributed by atoms with Gasteiger partial charge in [0.15, 0.2) is 0 Å². The monoisotopic (exact) mass is 221 g/mol. The summed E-state index contributed by atoms with van der Waals surface area (Å²) in [7, 11) is 0. The van der Waals surface area contributed by atoms with Crippen LogP contribution in [0.25, 0.3) is 17.1 Å². The van der Waals surface area contributed by atoms with E-state index in [2.05, 4.69) is 33.8 Å². The number of hydrogen-bond acceptors (Lipinski definition) is 0. The highest BCUT2D eigenvalue weighted by molar-refractivity contribution is 5.52. The Kier molecular flexibility index (Phi) is 2.47. The molecule has 17 heavy (non-hydrogen) atoms. The van der Waals surface area contributed by atoms with Crippen LogP contribution in [-0.4, -0.2) is 4.98 Å². The average molecular weight is 221 g/mol. The van der Waals surface area contributed by atoms with Crippen LogP contribution in [0, 0.1) is 0 Å².